The lowest BCUT2D eigenvalue weighted by molar-refractivity contribution is -0.137. The third-order valence-electron chi connectivity index (χ3n) is 4.19. The number of hydrogen-bond acceptors (Lipinski definition) is 4. The maximum absolute atomic E-state index is 11.7. The number of ether oxygens (including phenoxy) is 2. The van der Waals surface area contributed by atoms with Crippen molar-refractivity contribution in [3.8, 4) is 0 Å². The average molecular weight is 374 g/mol. The van der Waals surface area contributed by atoms with Crippen LogP contribution in [0.2, 0.25) is 0 Å². The highest BCUT2D eigenvalue weighted by Crippen LogP contribution is 2.11. The Kier molecular flexibility index (Phi) is 19.3. The van der Waals surface area contributed by atoms with Gasteiger partial charge in [-0.1, -0.05) is 51.4 Å². The summed E-state index contributed by atoms with van der Waals surface area (Å²) in [6.45, 7) is 4.94. The Hall–Kier alpha value is -1.14. The van der Waals surface area contributed by atoms with Crippen LogP contribution in [0.25, 0.3) is 0 Å². The summed E-state index contributed by atoms with van der Waals surface area (Å²) < 4.78 is 10.5. The predicted octanol–water partition coefficient (Wildman–Crippen LogP) is 3.92. The zero-order valence-electron chi connectivity index (χ0n) is 16.6. The van der Waals surface area contributed by atoms with Crippen LogP contribution in [0.1, 0.15) is 84.0 Å². The Morgan fingerprint density at radius 3 is 1.77 bits per heavy atom. The van der Waals surface area contributed by atoms with E-state index in [1.807, 2.05) is 6.92 Å². The summed E-state index contributed by atoms with van der Waals surface area (Å²) in [6, 6.07) is 0. The molecule has 0 aromatic rings. The Morgan fingerprint density at radius 1 is 0.731 bits per heavy atom. The van der Waals surface area contributed by atoms with Crippen molar-refractivity contribution in [3.05, 3.63) is 0 Å². The molecule has 0 aromatic carbocycles. The second-order valence-corrected chi connectivity index (χ2v) is 6.59. The summed E-state index contributed by atoms with van der Waals surface area (Å²) in [5.74, 6) is -0.579. The summed E-state index contributed by atoms with van der Waals surface area (Å²) in [5, 5.41) is 11.4. The van der Waals surface area contributed by atoms with Crippen LogP contribution in [0.3, 0.4) is 0 Å². The van der Waals surface area contributed by atoms with Crippen molar-refractivity contribution in [3.63, 3.8) is 0 Å². The molecule has 0 aliphatic rings. The number of carbonyl (C=O) groups excluding carboxylic acids is 1. The fraction of sp³-hybridized carbons (Fsp3) is 0.900. The van der Waals surface area contributed by atoms with E-state index in [2.05, 4.69) is 5.32 Å². The minimum Gasteiger partial charge on any atom is -0.481 e. The fourth-order valence-electron chi connectivity index (χ4n) is 2.69. The van der Waals surface area contributed by atoms with Gasteiger partial charge in [-0.2, -0.15) is 0 Å². The highest BCUT2D eigenvalue weighted by Gasteiger charge is 2.01. The van der Waals surface area contributed by atoms with Gasteiger partial charge in [-0.3, -0.25) is 9.59 Å². The lowest BCUT2D eigenvalue weighted by Gasteiger charge is -2.07. The first-order valence-corrected chi connectivity index (χ1v) is 10.3. The van der Waals surface area contributed by atoms with E-state index < -0.39 is 5.97 Å². The molecule has 0 unspecified atom stereocenters. The van der Waals surface area contributed by atoms with Crippen molar-refractivity contribution in [2.45, 2.75) is 84.0 Å². The molecule has 0 aromatic heterocycles. The second kappa shape index (κ2) is 20.2. The number of unbranched alkanes of at least 4 members (excludes halogenated alkanes) is 9. The second-order valence-electron chi connectivity index (χ2n) is 6.59. The van der Waals surface area contributed by atoms with Gasteiger partial charge in [-0.25, -0.2) is 0 Å². The van der Waals surface area contributed by atoms with Crippen molar-refractivity contribution in [1.82, 2.24) is 5.32 Å². The molecule has 0 fully saturated rings. The summed E-state index contributed by atoms with van der Waals surface area (Å²) in [4.78, 5) is 22.0. The molecular formula is C20H39NO5. The molecule has 0 heterocycles. The molecule has 1 amide bonds. The number of nitrogens with one attached hydrogen (secondary N) is 1. The minimum atomic E-state index is -0.690. The van der Waals surface area contributed by atoms with Gasteiger partial charge < -0.3 is 19.9 Å². The van der Waals surface area contributed by atoms with Crippen LogP contribution in [0.4, 0.5) is 0 Å². The van der Waals surface area contributed by atoms with E-state index in [0.717, 1.165) is 32.1 Å². The Bertz CT molecular complexity index is 336. The average Bonchev–Trinajstić information content (AvgIpc) is 2.61. The molecule has 0 rings (SSSR count). The third-order valence-corrected chi connectivity index (χ3v) is 4.19. The highest BCUT2D eigenvalue weighted by atomic mass is 16.5. The van der Waals surface area contributed by atoms with E-state index in [1.165, 1.54) is 32.1 Å². The monoisotopic (exact) mass is 373 g/mol. The van der Waals surface area contributed by atoms with Crippen LogP contribution in [0.5, 0.6) is 0 Å². The molecule has 154 valence electrons. The van der Waals surface area contributed by atoms with Crippen molar-refractivity contribution >= 4 is 11.9 Å². The van der Waals surface area contributed by atoms with Gasteiger partial charge in [-0.05, 0) is 19.8 Å². The predicted molar refractivity (Wildman–Crippen MR) is 103 cm³/mol. The molecule has 0 saturated carbocycles. The maximum atomic E-state index is 11.7. The smallest absolute Gasteiger partial charge is 0.303 e. The molecule has 0 saturated heterocycles. The van der Waals surface area contributed by atoms with E-state index in [9.17, 15) is 9.59 Å². The molecular weight excluding hydrogens is 334 g/mol. The van der Waals surface area contributed by atoms with Crippen LogP contribution in [0, 0.1) is 0 Å². The first-order chi connectivity index (χ1) is 12.7. The summed E-state index contributed by atoms with van der Waals surface area (Å²) in [6.07, 6.45) is 12.0. The van der Waals surface area contributed by atoms with Gasteiger partial charge in [0, 0.05) is 26.0 Å². The molecule has 6 nitrogen and oxygen atoms in total. The van der Waals surface area contributed by atoms with Crippen LogP contribution >= 0.6 is 0 Å². The van der Waals surface area contributed by atoms with Crippen LogP contribution < -0.4 is 5.32 Å². The molecule has 26 heavy (non-hydrogen) atoms. The minimum absolute atomic E-state index is 0.111. The van der Waals surface area contributed by atoms with Crippen LogP contribution in [-0.2, 0) is 19.1 Å². The zero-order valence-corrected chi connectivity index (χ0v) is 16.6. The standard InChI is InChI=1S/C20H39NO5/c1-2-25-17-18-26-16-15-21-19(22)13-11-9-7-5-3-4-6-8-10-12-14-20(23)24/h2-18H2,1H3,(H,21,22)(H,23,24). The quantitative estimate of drug-likeness (QED) is 0.316. The van der Waals surface area contributed by atoms with Gasteiger partial charge in [0.25, 0.3) is 0 Å². The van der Waals surface area contributed by atoms with E-state index in [0.29, 0.717) is 45.8 Å². The number of rotatable bonds is 20. The molecule has 0 aliphatic carbocycles. The van der Waals surface area contributed by atoms with Gasteiger partial charge in [0.15, 0.2) is 0 Å². The normalized spacial score (nSPS) is 10.8. The maximum Gasteiger partial charge on any atom is 0.303 e. The zero-order chi connectivity index (χ0) is 19.3. The number of aliphatic carboxylic acids is 1. The summed E-state index contributed by atoms with van der Waals surface area (Å²) in [5.41, 5.74) is 0. The topological polar surface area (TPSA) is 84.9 Å². The first kappa shape index (κ1) is 24.9. The van der Waals surface area contributed by atoms with E-state index in [1.54, 1.807) is 0 Å². The Balaban J connectivity index is 3.15. The van der Waals surface area contributed by atoms with Gasteiger partial charge in [0.2, 0.25) is 5.91 Å². The lowest BCUT2D eigenvalue weighted by atomic mass is 10.1. The van der Waals surface area contributed by atoms with Crippen molar-refractivity contribution in [2.24, 2.45) is 0 Å². The van der Waals surface area contributed by atoms with Gasteiger partial charge in [-0.15, -0.1) is 0 Å². The van der Waals surface area contributed by atoms with E-state index >= 15 is 0 Å². The van der Waals surface area contributed by atoms with E-state index in [-0.39, 0.29) is 5.91 Å². The van der Waals surface area contributed by atoms with Crippen molar-refractivity contribution < 1.29 is 24.2 Å². The summed E-state index contributed by atoms with van der Waals surface area (Å²) in [7, 11) is 0. The molecule has 0 atom stereocenters. The number of carboxylic acids is 1. The van der Waals surface area contributed by atoms with Crippen molar-refractivity contribution in [2.75, 3.05) is 33.0 Å². The molecule has 6 heteroatoms. The van der Waals surface area contributed by atoms with Gasteiger partial charge in [0.1, 0.15) is 0 Å². The number of amides is 1. The largest absolute Gasteiger partial charge is 0.481 e. The Morgan fingerprint density at radius 2 is 1.23 bits per heavy atom. The SMILES string of the molecule is CCOCCOCCNC(=O)CCCCCCCCCCCCC(=O)O. The van der Waals surface area contributed by atoms with Crippen LogP contribution in [-0.4, -0.2) is 50.0 Å². The molecule has 0 radical (unpaired) electrons. The Labute approximate surface area is 159 Å². The fourth-order valence-corrected chi connectivity index (χ4v) is 2.69. The van der Waals surface area contributed by atoms with E-state index in [4.69, 9.17) is 14.6 Å². The lowest BCUT2D eigenvalue weighted by Crippen LogP contribution is -2.27. The number of carbonyl (C=O) groups is 2. The number of carboxylic acid groups (broad SMARTS) is 1. The molecule has 0 aliphatic heterocycles. The molecule has 0 bridgehead atoms. The summed E-state index contributed by atoms with van der Waals surface area (Å²) >= 11 is 0. The van der Waals surface area contributed by atoms with Crippen LogP contribution in [0.15, 0.2) is 0 Å². The molecule has 2 N–H and O–H groups in total. The van der Waals surface area contributed by atoms with Gasteiger partial charge in [0.05, 0.1) is 19.8 Å². The van der Waals surface area contributed by atoms with Crippen molar-refractivity contribution in [1.29, 1.82) is 0 Å². The highest BCUT2D eigenvalue weighted by molar-refractivity contribution is 5.75. The van der Waals surface area contributed by atoms with Gasteiger partial charge >= 0.3 is 5.97 Å². The first-order valence-electron chi connectivity index (χ1n) is 10.3. The number of hydrogen-bond donors (Lipinski definition) is 2. The molecule has 0 spiro atoms. The third kappa shape index (κ3) is 20.9.